The number of ether oxygens (including phenoxy) is 1. The average molecular weight is 207 g/mol. The Morgan fingerprint density at radius 3 is 2.73 bits per heavy atom. The quantitative estimate of drug-likeness (QED) is 0.805. The van der Waals surface area contributed by atoms with E-state index in [2.05, 4.69) is 16.9 Å². The zero-order valence-electron chi connectivity index (χ0n) is 9.02. The molecule has 2 atom stereocenters. The molecule has 15 heavy (non-hydrogen) atoms. The van der Waals surface area contributed by atoms with Gasteiger partial charge in [0.2, 0.25) is 0 Å². The molecule has 2 unspecified atom stereocenters. The van der Waals surface area contributed by atoms with Crippen LogP contribution < -0.4 is 10.5 Å². The molecule has 0 aliphatic heterocycles. The van der Waals surface area contributed by atoms with Crippen molar-refractivity contribution in [3.05, 3.63) is 12.4 Å². The topological polar surface area (TPSA) is 61.0 Å². The third kappa shape index (κ3) is 2.37. The van der Waals surface area contributed by atoms with E-state index in [1.165, 1.54) is 19.3 Å². The second-order valence-corrected chi connectivity index (χ2v) is 4.16. The molecule has 4 heteroatoms. The van der Waals surface area contributed by atoms with Crippen molar-refractivity contribution in [1.82, 2.24) is 9.97 Å². The Morgan fingerprint density at radius 1 is 1.27 bits per heavy atom. The Morgan fingerprint density at radius 2 is 2.00 bits per heavy atom. The number of nitrogen functional groups attached to an aromatic ring is 1. The fourth-order valence-corrected chi connectivity index (χ4v) is 2.03. The predicted molar refractivity (Wildman–Crippen MR) is 58.5 cm³/mol. The van der Waals surface area contributed by atoms with Crippen molar-refractivity contribution in [2.75, 3.05) is 5.73 Å². The highest BCUT2D eigenvalue weighted by Crippen LogP contribution is 2.28. The molecule has 1 aromatic rings. The number of hydrogen-bond acceptors (Lipinski definition) is 4. The summed E-state index contributed by atoms with van der Waals surface area (Å²) in [6, 6.07) is 0. The Labute approximate surface area is 89.9 Å². The standard InChI is InChI=1S/C11H17N3O/c1-8-4-2-3-5-9(8)15-11-10(12)13-6-7-14-11/h6-9H,2-5H2,1H3,(H2,12,13). The molecule has 1 aromatic heterocycles. The number of nitrogens with zero attached hydrogens (tertiary/aromatic N) is 2. The highest BCUT2D eigenvalue weighted by Gasteiger charge is 2.23. The molecule has 82 valence electrons. The average Bonchev–Trinajstić information content (AvgIpc) is 2.24. The molecule has 0 saturated heterocycles. The van der Waals surface area contributed by atoms with Crippen LogP contribution in [0.5, 0.6) is 5.88 Å². The maximum atomic E-state index is 5.80. The van der Waals surface area contributed by atoms with Gasteiger partial charge in [-0.25, -0.2) is 9.97 Å². The lowest BCUT2D eigenvalue weighted by Gasteiger charge is -2.28. The van der Waals surface area contributed by atoms with Gasteiger partial charge >= 0.3 is 0 Å². The Bertz CT molecular complexity index is 329. The lowest BCUT2D eigenvalue weighted by Crippen LogP contribution is -2.29. The minimum Gasteiger partial charge on any atom is -0.471 e. The largest absolute Gasteiger partial charge is 0.471 e. The van der Waals surface area contributed by atoms with Crippen LogP contribution in [0.25, 0.3) is 0 Å². The van der Waals surface area contributed by atoms with Gasteiger partial charge in [0, 0.05) is 12.4 Å². The normalized spacial score (nSPS) is 26.2. The third-order valence-electron chi connectivity index (χ3n) is 2.99. The van der Waals surface area contributed by atoms with E-state index in [1.807, 2.05) is 0 Å². The van der Waals surface area contributed by atoms with Gasteiger partial charge in [0.25, 0.3) is 5.88 Å². The molecule has 4 nitrogen and oxygen atoms in total. The van der Waals surface area contributed by atoms with Gasteiger partial charge in [-0.1, -0.05) is 13.3 Å². The molecule has 0 aromatic carbocycles. The highest BCUT2D eigenvalue weighted by atomic mass is 16.5. The molecular formula is C11H17N3O. The minimum absolute atomic E-state index is 0.248. The Balaban J connectivity index is 2.04. The van der Waals surface area contributed by atoms with Crippen molar-refractivity contribution >= 4 is 5.82 Å². The second kappa shape index (κ2) is 4.47. The van der Waals surface area contributed by atoms with Crippen molar-refractivity contribution < 1.29 is 4.74 Å². The van der Waals surface area contributed by atoms with Crippen LogP contribution in [-0.4, -0.2) is 16.1 Å². The summed E-state index contributed by atoms with van der Waals surface area (Å²) in [6.07, 6.45) is 8.29. The molecule has 1 fully saturated rings. The first-order valence-electron chi connectivity index (χ1n) is 5.50. The van der Waals surface area contributed by atoms with Crippen molar-refractivity contribution in [3.8, 4) is 5.88 Å². The molecule has 0 spiro atoms. The monoisotopic (exact) mass is 207 g/mol. The molecular weight excluding hydrogens is 190 g/mol. The summed E-state index contributed by atoms with van der Waals surface area (Å²) in [5.41, 5.74) is 5.68. The summed E-state index contributed by atoms with van der Waals surface area (Å²) in [6.45, 7) is 2.22. The smallest absolute Gasteiger partial charge is 0.257 e. The van der Waals surface area contributed by atoms with Gasteiger partial charge in [0.05, 0.1) is 0 Å². The number of hydrogen-bond donors (Lipinski definition) is 1. The first-order valence-corrected chi connectivity index (χ1v) is 5.50. The van der Waals surface area contributed by atoms with Crippen molar-refractivity contribution in [2.24, 2.45) is 5.92 Å². The summed E-state index contributed by atoms with van der Waals surface area (Å²) in [4.78, 5) is 8.06. The predicted octanol–water partition coefficient (Wildman–Crippen LogP) is 2.02. The highest BCUT2D eigenvalue weighted by molar-refractivity contribution is 5.38. The van der Waals surface area contributed by atoms with Crippen LogP contribution in [0.3, 0.4) is 0 Å². The van der Waals surface area contributed by atoms with Crippen LogP contribution >= 0.6 is 0 Å². The fourth-order valence-electron chi connectivity index (χ4n) is 2.03. The van der Waals surface area contributed by atoms with Crippen LogP contribution in [0, 0.1) is 5.92 Å². The van der Waals surface area contributed by atoms with E-state index >= 15 is 0 Å². The molecule has 2 N–H and O–H groups in total. The summed E-state index contributed by atoms with van der Waals surface area (Å²) in [5, 5.41) is 0. The number of rotatable bonds is 2. The van der Waals surface area contributed by atoms with Crippen molar-refractivity contribution in [1.29, 1.82) is 0 Å². The Kier molecular flexibility index (Phi) is 3.04. The van der Waals surface area contributed by atoms with Gasteiger partial charge in [-0.2, -0.15) is 0 Å². The maximum absolute atomic E-state index is 5.80. The molecule has 2 rings (SSSR count). The van der Waals surface area contributed by atoms with E-state index in [4.69, 9.17) is 10.5 Å². The van der Waals surface area contributed by atoms with E-state index in [1.54, 1.807) is 12.4 Å². The summed E-state index contributed by atoms with van der Waals surface area (Å²) >= 11 is 0. The van der Waals surface area contributed by atoms with Gasteiger partial charge < -0.3 is 10.5 Å². The maximum Gasteiger partial charge on any atom is 0.257 e. The lowest BCUT2D eigenvalue weighted by atomic mass is 9.88. The van der Waals surface area contributed by atoms with E-state index < -0.39 is 0 Å². The minimum atomic E-state index is 0.248. The number of anilines is 1. The van der Waals surface area contributed by atoms with Gasteiger partial charge in [-0.15, -0.1) is 0 Å². The number of nitrogens with two attached hydrogens (primary N) is 1. The van der Waals surface area contributed by atoms with Crippen LogP contribution in [0.1, 0.15) is 32.6 Å². The second-order valence-electron chi connectivity index (χ2n) is 4.16. The molecule has 1 aliphatic rings. The van der Waals surface area contributed by atoms with Gasteiger partial charge in [-0.3, -0.25) is 0 Å². The van der Waals surface area contributed by atoms with E-state index in [0.717, 1.165) is 6.42 Å². The van der Waals surface area contributed by atoms with Crippen LogP contribution in [0.15, 0.2) is 12.4 Å². The molecule has 1 heterocycles. The van der Waals surface area contributed by atoms with Crippen LogP contribution in [-0.2, 0) is 0 Å². The van der Waals surface area contributed by atoms with E-state index in [0.29, 0.717) is 17.6 Å². The zero-order chi connectivity index (χ0) is 10.7. The third-order valence-corrected chi connectivity index (χ3v) is 2.99. The van der Waals surface area contributed by atoms with E-state index in [9.17, 15) is 0 Å². The van der Waals surface area contributed by atoms with Crippen molar-refractivity contribution in [2.45, 2.75) is 38.7 Å². The zero-order valence-corrected chi connectivity index (χ0v) is 9.02. The first kappa shape index (κ1) is 10.2. The van der Waals surface area contributed by atoms with Crippen LogP contribution in [0.4, 0.5) is 5.82 Å². The van der Waals surface area contributed by atoms with Gasteiger partial charge in [-0.05, 0) is 25.2 Å². The van der Waals surface area contributed by atoms with Crippen LogP contribution in [0.2, 0.25) is 0 Å². The molecule has 0 radical (unpaired) electrons. The van der Waals surface area contributed by atoms with Gasteiger partial charge in [0.15, 0.2) is 5.82 Å². The summed E-state index contributed by atoms with van der Waals surface area (Å²) in [5.74, 6) is 1.45. The van der Waals surface area contributed by atoms with E-state index in [-0.39, 0.29) is 6.10 Å². The Hall–Kier alpha value is -1.32. The molecule has 1 saturated carbocycles. The summed E-state index contributed by atoms with van der Waals surface area (Å²) in [7, 11) is 0. The summed E-state index contributed by atoms with van der Waals surface area (Å²) < 4.78 is 5.80. The fraction of sp³-hybridized carbons (Fsp3) is 0.636. The SMILES string of the molecule is CC1CCCCC1Oc1nccnc1N. The molecule has 0 amide bonds. The van der Waals surface area contributed by atoms with Gasteiger partial charge in [0.1, 0.15) is 6.10 Å². The first-order chi connectivity index (χ1) is 7.27. The number of aromatic nitrogens is 2. The lowest BCUT2D eigenvalue weighted by molar-refractivity contribution is 0.0981. The molecule has 0 bridgehead atoms. The molecule has 1 aliphatic carbocycles. The van der Waals surface area contributed by atoms with Crippen molar-refractivity contribution in [3.63, 3.8) is 0 Å².